The molecule has 4 heteroatoms. The summed E-state index contributed by atoms with van der Waals surface area (Å²) in [7, 11) is 1.90. The van der Waals surface area contributed by atoms with Crippen LogP contribution in [0, 0.1) is 12.8 Å². The molecule has 0 radical (unpaired) electrons. The monoisotopic (exact) mass is 310 g/mol. The van der Waals surface area contributed by atoms with E-state index in [1.165, 1.54) is 11.1 Å². The Hall–Kier alpha value is -1.06. The minimum Gasteiger partial charge on any atom is -0.339 e. The van der Waals surface area contributed by atoms with Gasteiger partial charge in [-0.05, 0) is 38.2 Å². The van der Waals surface area contributed by atoms with Crippen molar-refractivity contribution in [3.05, 3.63) is 35.4 Å². The maximum Gasteiger partial charge on any atom is 0.223 e. The van der Waals surface area contributed by atoms with Crippen LogP contribution in [0.2, 0.25) is 0 Å². The molecule has 1 unspecified atom stereocenters. The zero-order valence-electron chi connectivity index (χ0n) is 13.2. The molecule has 0 heterocycles. The quantitative estimate of drug-likeness (QED) is 0.926. The number of halogens is 1. The van der Waals surface area contributed by atoms with E-state index in [4.69, 9.17) is 5.73 Å². The molecule has 0 aliphatic heterocycles. The van der Waals surface area contributed by atoms with Gasteiger partial charge in [0.25, 0.3) is 0 Å². The highest BCUT2D eigenvalue weighted by molar-refractivity contribution is 5.85. The van der Waals surface area contributed by atoms with Gasteiger partial charge in [0.2, 0.25) is 5.91 Å². The van der Waals surface area contributed by atoms with Gasteiger partial charge in [-0.3, -0.25) is 4.79 Å². The number of carbonyl (C=O) groups is 1. The van der Waals surface area contributed by atoms with E-state index in [1.54, 1.807) is 0 Å². The molecular weight excluding hydrogens is 284 g/mol. The molecule has 1 amide bonds. The molecule has 3 nitrogen and oxygen atoms in total. The first kappa shape index (κ1) is 18.0. The van der Waals surface area contributed by atoms with Crippen molar-refractivity contribution in [3.63, 3.8) is 0 Å². The summed E-state index contributed by atoms with van der Waals surface area (Å²) in [6.45, 7) is 4.15. The first-order chi connectivity index (χ1) is 9.49. The fraction of sp³-hybridized carbons (Fsp3) is 0.588. The molecule has 0 aromatic heterocycles. The largest absolute Gasteiger partial charge is 0.339 e. The zero-order valence-corrected chi connectivity index (χ0v) is 14.0. The number of carbonyl (C=O) groups excluding carboxylic acids is 1. The van der Waals surface area contributed by atoms with Gasteiger partial charge in [-0.2, -0.15) is 0 Å². The molecule has 3 atom stereocenters. The lowest BCUT2D eigenvalue weighted by Crippen LogP contribution is -2.34. The fourth-order valence-corrected chi connectivity index (χ4v) is 2.97. The number of rotatable bonds is 4. The van der Waals surface area contributed by atoms with Crippen molar-refractivity contribution in [2.45, 2.75) is 51.6 Å². The Morgan fingerprint density at radius 3 is 2.48 bits per heavy atom. The molecular formula is C17H27ClN2O. The Morgan fingerprint density at radius 2 is 1.95 bits per heavy atom. The van der Waals surface area contributed by atoms with Crippen LogP contribution in [0.25, 0.3) is 0 Å². The number of benzene rings is 1. The van der Waals surface area contributed by atoms with E-state index >= 15 is 0 Å². The molecule has 0 spiro atoms. The third-order valence-corrected chi connectivity index (χ3v) is 4.69. The lowest BCUT2D eigenvalue weighted by atomic mass is 9.98. The molecule has 1 fully saturated rings. The third-order valence-electron chi connectivity index (χ3n) is 4.69. The number of hydrogen-bond acceptors (Lipinski definition) is 2. The van der Waals surface area contributed by atoms with Crippen LogP contribution in [-0.2, 0) is 4.79 Å². The SMILES string of the molecule is Cc1ccc(C(C)N(C)C(=O)C[C@@H]2CCC[C@H]2N)cc1.Cl. The molecule has 21 heavy (non-hydrogen) atoms. The van der Waals surface area contributed by atoms with Crippen LogP contribution in [0.4, 0.5) is 0 Å². The van der Waals surface area contributed by atoms with E-state index in [1.807, 2.05) is 11.9 Å². The van der Waals surface area contributed by atoms with Gasteiger partial charge in [0, 0.05) is 19.5 Å². The Labute approximate surface area is 134 Å². The molecule has 2 N–H and O–H groups in total. The standard InChI is InChI=1S/C17H26N2O.ClH/c1-12-7-9-14(10-8-12)13(2)19(3)17(20)11-15-5-4-6-16(15)18;/h7-10,13,15-16H,4-6,11,18H2,1-3H3;1H/t13?,15-,16+;/m0./s1. The molecule has 2 rings (SSSR count). The van der Waals surface area contributed by atoms with Crippen LogP contribution in [0.1, 0.15) is 49.8 Å². The molecule has 1 aliphatic rings. The van der Waals surface area contributed by atoms with E-state index in [0.717, 1.165) is 19.3 Å². The fourth-order valence-electron chi connectivity index (χ4n) is 2.97. The lowest BCUT2D eigenvalue weighted by molar-refractivity contribution is -0.132. The average Bonchev–Trinajstić information content (AvgIpc) is 2.83. The Balaban J connectivity index is 0.00000220. The minimum atomic E-state index is 0. The second-order valence-corrected chi connectivity index (χ2v) is 6.15. The van der Waals surface area contributed by atoms with Gasteiger partial charge in [0.15, 0.2) is 0 Å². The highest BCUT2D eigenvalue weighted by atomic mass is 35.5. The number of aryl methyl sites for hydroxylation is 1. The van der Waals surface area contributed by atoms with Crippen molar-refractivity contribution in [1.82, 2.24) is 4.90 Å². The summed E-state index contributed by atoms with van der Waals surface area (Å²) in [6.07, 6.45) is 3.92. The lowest BCUT2D eigenvalue weighted by Gasteiger charge is -2.27. The maximum absolute atomic E-state index is 12.4. The van der Waals surface area contributed by atoms with Crippen LogP contribution >= 0.6 is 12.4 Å². The number of amides is 1. The van der Waals surface area contributed by atoms with E-state index in [9.17, 15) is 4.79 Å². The first-order valence-corrected chi connectivity index (χ1v) is 7.57. The zero-order chi connectivity index (χ0) is 14.7. The van der Waals surface area contributed by atoms with Crippen LogP contribution < -0.4 is 5.73 Å². The second kappa shape index (κ2) is 7.81. The molecule has 0 saturated heterocycles. The first-order valence-electron chi connectivity index (χ1n) is 7.57. The summed E-state index contributed by atoms with van der Waals surface area (Å²) < 4.78 is 0. The van der Waals surface area contributed by atoms with Crippen LogP contribution in [0.3, 0.4) is 0 Å². The topological polar surface area (TPSA) is 46.3 Å². The van der Waals surface area contributed by atoms with Gasteiger partial charge in [-0.15, -0.1) is 12.4 Å². The molecule has 118 valence electrons. The van der Waals surface area contributed by atoms with Gasteiger partial charge in [0.05, 0.1) is 6.04 Å². The molecule has 1 aromatic rings. The van der Waals surface area contributed by atoms with Crippen molar-refractivity contribution >= 4 is 18.3 Å². The van der Waals surface area contributed by atoms with Gasteiger partial charge >= 0.3 is 0 Å². The Bertz CT molecular complexity index is 460. The second-order valence-electron chi connectivity index (χ2n) is 6.15. The van der Waals surface area contributed by atoms with Gasteiger partial charge in [-0.25, -0.2) is 0 Å². The van der Waals surface area contributed by atoms with E-state index in [2.05, 4.69) is 38.1 Å². The summed E-state index contributed by atoms with van der Waals surface area (Å²) >= 11 is 0. The van der Waals surface area contributed by atoms with Crippen molar-refractivity contribution < 1.29 is 4.79 Å². The van der Waals surface area contributed by atoms with Crippen LogP contribution in [0.15, 0.2) is 24.3 Å². The maximum atomic E-state index is 12.4. The van der Waals surface area contributed by atoms with Gasteiger partial charge in [0.1, 0.15) is 0 Å². The molecule has 0 bridgehead atoms. The third kappa shape index (κ3) is 4.45. The van der Waals surface area contributed by atoms with E-state index in [-0.39, 0.29) is 30.4 Å². The Morgan fingerprint density at radius 1 is 1.33 bits per heavy atom. The highest BCUT2D eigenvalue weighted by Crippen LogP contribution is 2.28. The molecule has 1 aliphatic carbocycles. The summed E-state index contributed by atoms with van der Waals surface area (Å²) in [5.74, 6) is 0.579. The summed E-state index contributed by atoms with van der Waals surface area (Å²) in [5, 5.41) is 0. The molecule has 1 aromatic carbocycles. The van der Waals surface area contributed by atoms with Crippen molar-refractivity contribution in [2.24, 2.45) is 11.7 Å². The van der Waals surface area contributed by atoms with E-state index in [0.29, 0.717) is 12.3 Å². The van der Waals surface area contributed by atoms with Gasteiger partial charge < -0.3 is 10.6 Å². The highest BCUT2D eigenvalue weighted by Gasteiger charge is 2.28. The summed E-state index contributed by atoms with van der Waals surface area (Å²) in [6, 6.07) is 8.72. The van der Waals surface area contributed by atoms with E-state index < -0.39 is 0 Å². The summed E-state index contributed by atoms with van der Waals surface area (Å²) in [5.41, 5.74) is 8.49. The summed E-state index contributed by atoms with van der Waals surface area (Å²) in [4.78, 5) is 14.3. The van der Waals surface area contributed by atoms with Crippen LogP contribution in [-0.4, -0.2) is 23.9 Å². The van der Waals surface area contributed by atoms with Crippen LogP contribution in [0.5, 0.6) is 0 Å². The van der Waals surface area contributed by atoms with Crippen molar-refractivity contribution in [1.29, 1.82) is 0 Å². The van der Waals surface area contributed by atoms with Gasteiger partial charge in [-0.1, -0.05) is 36.2 Å². The Kier molecular flexibility index (Phi) is 6.69. The predicted octanol–water partition coefficient (Wildman–Crippen LogP) is 3.45. The number of nitrogens with zero attached hydrogens (tertiary/aromatic N) is 1. The predicted molar refractivity (Wildman–Crippen MR) is 89.5 cm³/mol. The smallest absolute Gasteiger partial charge is 0.223 e. The average molecular weight is 311 g/mol. The van der Waals surface area contributed by atoms with Crippen molar-refractivity contribution in [3.8, 4) is 0 Å². The number of nitrogens with two attached hydrogens (primary N) is 1. The number of hydrogen-bond donors (Lipinski definition) is 1. The van der Waals surface area contributed by atoms with Crippen molar-refractivity contribution in [2.75, 3.05) is 7.05 Å². The minimum absolute atomic E-state index is 0. The molecule has 1 saturated carbocycles. The normalized spacial score (nSPS) is 22.5.